The third-order valence-electron chi connectivity index (χ3n) is 5.53. The first-order valence-electron chi connectivity index (χ1n) is 9.91. The highest BCUT2D eigenvalue weighted by Crippen LogP contribution is 2.27. The average Bonchev–Trinajstić information content (AvgIpc) is 3.15. The number of carbonyl (C=O) groups is 1. The van der Waals surface area contributed by atoms with Crippen LogP contribution in [-0.2, 0) is 0 Å². The third-order valence-corrected chi connectivity index (χ3v) is 5.53. The predicted octanol–water partition coefficient (Wildman–Crippen LogP) is 3.86. The fraction of sp³-hybridized carbons (Fsp3) is 0.667. The molecule has 0 aromatic heterocycles. The smallest absolute Gasteiger partial charge is 0.251 e. The van der Waals surface area contributed by atoms with Gasteiger partial charge in [0.25, 0.3) is 5.91 Å². The van der Waals surface area contributed by atoms with E-state index in [0.717, 1.165) is 18.3 Å². The molecule has 1 N–H and O–H groups in total. The number of carbonyl (C=O) groups excluding carboxylic acids is 1. The van der Waals surface area contributed by atoms with E-state index in [4.69, 9.17) is 4.74 Å². The number of nitrogens with zero attached hydrogens (tertiary/aromatic N) is 1. The van der Waals surface area contributed by atoms with Crippen LogP contribution in [0, 0.1) is 5.92 Å². The van der Waals surface area contributed by atoms with Gasteiger partial charge in [0.15, 0.2) is 0 Å². The molecule has 0 spiro atoms. The maximum atomic E-state index is 12.3. The first-order chi connectivity index (χ1) is 12.1. The van der Waals surface area contributed by atoms with Crippen molar-refractivity contribution in [1.82, 2.24) is 10.2 Å². The van der Waals surface area contributed by atoms with Crippen molar-refractivity contribution in [2.24, 2.45) is 5.92 Å². The highest BCUT2D eigenvalue weighted by atomic mass is 16.5. The van der Waals surface area contributed by atoms with Gasteiger partial charge in [-0.15, -0.1) is 0 Å². The molecule has 0 atom stereocenters. The Hall–Kier alpha value is -1.55. The molecule has 138 valence electrons. The zero-order chi connectivity index (χ0) is 17.6. The lowest BCUT2D eigenvalue weighted by Gasteiger charge is -2.36. The molecule has 4 heteroatoms. The average molecular weight is 344 g/mol. The van der Waals surface area contributed by atoms with E-state index in [2.05, 4.69) is 10.2 Å². The topological polar surface area (TPSA) is 41.6 Å². The standard InChI is InChI=1S/C21H32N2O2/c1-16(2)25-20-9-7-18(8-10-20)21(24)22-15-17-11-13-23(14-12-17)19-5-3-4-6-19/h7-10,16-17,19H,3-6,11-15H2,1-2H3,(H,22,24). The third kappa shape index (κ3) is 5.21. The van der Waals surface area contributed by atoms with Gasteiger partial charge in [0.1, 0.15) is 5.75 Å². The minimum absolute atomic E-state index is 0.0225. The van der Waals surface area contributed by atoms with E-state index in [1.54, 1.807) is 0 Å². The number of hydrogen-bond acceptors (Lipinski definition) is 3. The van der Waals surface area contributed by atoms with Crippen molar-refractivity contribution < 1.29 is 9.53 Å². The van der Waals surface area contributed by atoms with Crippen molar-refractivity contribution in [3.8, 4) is 5.75 Å². The van der Waals surface area contributed by atoms with Gasteiger partial charge < -0.3 is 15.0 Å². The van der Waals surface area contributed by atoms with Crippen molar-refractivity contribution in [2.45, 2.75) is 64.5 Å². The van der Waals surface area contributed by atoms with Crippen LogP contribution >= 0.6 is 0 Å². The lowest BCUT2D eigenvalue weighted by Crippen LogP contribution is -2.42. The molecule has 1 amide bonds. The fourth-order valence-electron chi connectivity index (χ4n) is 4.09. The Kier molecular flexibility index (Phi) is 6.35. The SMILES string of the molecule is CC(C)Oc1ccc(C(=O)NCC2CCN(C3CCCC3)CC2)cc1. The van der Waals surface area contributed by atoms with E-state index in [-0.39, 0.29) is 12.0 Å². The van der Waals surface area contributed by atoms with E-state index in [1.165, 1.54) is 51.6 Å². The second-order valence-corrected chi connectivity index (χ2v) is 7.82. The molecule has 2 aliphatic rings. The van der Waals surface area contributed by atoms with Crippen LogP contribution in [-0.4, -0.2) is 42.6 Å². The Morgan fingerprint density at radius 2 is 1.76 bits per heavy atom. The molecule has 3 rings (SSSR count). The molecule has 1 saturated heterocycles. The molecule has 0 unspecified atom stereocenters. The monoisotopic (exact) mass is 344 g/mol. The van der Waals surface area contributed by atoms with Crippen LogP contribution in [0.5, 0.6) is 5.75 Å². The summed E-state index contributed by atoms with van der Waals surface area (Å²) in [7, 11) is 0. The molecular formula is C21H32N2O2. The molecule has 2 fully saturated rings. The summed E-state index contributed by atoms with van der Waals surface area (Å²) in [5, 5.41) is 3.12. The van der Waals surface area contributed by atoms with E-state index in [0.29, 0.717) is 11.5 Å². The number of nitrogens with one attached hydrogen (secondary N) is 1. The van der Waals surface area contributed by atoms with E-state index in [9.17, 15) is 4.79 Å². The minimum Gasteiger partial charge on any atom is -0.491 e. The van der Waals surface area contributed by atoms with Gasteiger partial charge in [-0.05, 0) is 82.8 Å². The molecule has 0 radical (unpaired) electrons. The van der Waals surface area contributed by atoms with Crippen LogP contribution in [0.3, 0.4) is 0 Å². The minimum atomic E-state index is 0.0225. The Morgan fingerprint density at radius 1 is 1.12 bits per heavy atom. The van der Waals surface area contributed by atoms with Crippen molar-refractivity contribution in [2.75, 3.05) is 19.6 Å². The molecule has 1 aliphatic carbocycles. The highest BCUT2D eigenvalue weighted by molar-refractivity contribution is 5.94. The van der Waals surface area contributed by atoms with Crippen molar-refractivity contribution in [3.05, 3.63) is 29.8 Å². The van der Waals surface area contributed by atoms with E-state index in [1.807, 2.05) is 38.1 Å². The van der Waals surface area contributed by atoms with Crippen LogP contribution in [0.4, 0.5) is 0 Å². The van der Waals surface area contributed by atoms with Gasteiger partial charge in [-0.2, -0.15) is 0 Å². The van der Waals surface area contributed by atoms with E-state index < -0.39 is 0 Å². The number of benzene rings is 1. The van der Waals surface area contributed by atoms with Crippen LogP contribution < -0.4 is 10.1 Å². The highest BCUT2D eigenvalue weighted by Gasteiger charge is 2.27. The Morgan fingerprint density at radius 3 is 2.36 bits per heavy atom. The van der Waals surface area contributed by atoms with Crippen LogP contribution in [0.1, 0.15) is 62.7 Å². The Bertz CT molecular complexity index is 542. The molecule has 0 bridgehead atoms. The quantitative estimate of drug-likeness (QED) is 0.852. The second-order valence-electron chi connectivity index (χ2n) is 7.82. The van der Waals surface area contributed by atoms with Gasteiger partial charge >= 0.3 is 0 Å². The van der Waals surface area contributed by atoms with Gasteiger partial charge in [-0.25, -0.2) is 0 Å². The van der Waals surface area contributed by atoms with Crippen LogP contribution in [0.2, 0.25) is 0 Å². The largest absolute Gasteiger partial charge is 0.491 e. The predicted molar refractivity (Wildman–Crippen MR) is 101 cm³/mol. The Labute approximate surface area is 151 Å². The number of likely N-dealkylation sites (tertiary alicyclic amines) is 1. The summed E-state index contributed by atoms with van der Waals surface area (Å²) in [5.74, 6) is 1.45. The molecule has 4 nitrogen and oxygen atoms in total. The summed E-state index contributed by atoms with van der Waals surface area (Å²) in [6, 6.07) is 8.26. The summed E-state index contributed by atoms with van der Waals surface area (Å²) >= 11 is 0. The normalized spacial score (nSPS) is 20.1. The first kappa shape index (κ1) is 18.2. The number of rotatable bonds is 6. The van der Waals surface area contributed by atoms with Crippen LogP contribution in [0.15, 0.2) is 24.3 Å². The summed E-state index contributed by atoms with van der Waals surface area (Å²) in [6.07, 6.45) is 8.14. The molecule has 25 heavy (non-hydrogen) atoms. The first-order valence-corrected chi connectivity index (χ1v) is 9.91. The second kappa shape index (κ2) is 8.70. The lowest BCUT2D eigenvalue weighted by molar-refractivity contribution is 0.0924. The summed E-state index contributed by atoms with van der Waals surface area (Å²) in [5.41, 5.74) is 0.708. The van der Waals surface area contributed by atoms with Gasteiger partial charge in [0, 0.05) is 18.2 Å². The fourth-order valence-corrected chi connectivity index (χ4v) is 4.09. The maximum absolute atomic E-state index is 12.3. The van der Waals surface area contributed by atoms with Crippen molar-refractivity contribution in [1.29, 1.82) is 0 Å². The van der Waals surface area contributed by atoms with Gasteiger partial charge in [0.2, 0.25) is 0 Å². The maximum Gasteiger partial charge on any atom is 0.251 e. The molecule has 1 heterocycles. The molecular weight excluding hydrogens is 312 g/mol. The van der Waals surface area contributed by atoms with Gasteiger partial charge in [-0.3, -0.25) is 4.79 Å². The molecule has 1 aromatic rings. The number of hydrogen-bond donors (Lipinski definition) is 1. The van der Waals surface area contributed by atoms with Gasteiger partial charge in [0.05, 0.1) is 6.10 Å². The molecule has 1 aliphatic heterocycles. The molecule has 1 saturated carbocycles. The zero-order valence-corrected chi connectivity index (χ0v) is 15.7. The van der Waals surface area contributed by atoms with Crippen molar-refractivity contribution in [3.63, 3.8) is 0 Å². The number of ether oxygens (including phenoxy) is 1. The summed E-state index contributed by atoms with van der Waals surface area (Å²) in [6.45, 7) is 7.19. The summed E-state index contributed by atoms with van der Waals surface area (Å²) < 4.78 is 5.62. The van der Waals surface area contributed by atoms with Gasteiger partial charge in [-0.1, -0.05) is 12.8 Å². The van der Waals surface area contributed by atoms with Crippen LogP contribution in [0.25, 0.3) is 0 Å². The van der Waals surface area contributed by atoms with E-state index >= 15 is 0 Å². The Balaban J connectivity index is 1.40. The number of amides is 1. The number of piperidine rings is 1. The summed E-state index contributed by atoms with van der Waals surface area (Å²) in [4.78, 5) is 15.0. The zero-order valence-electron chi connectivity index (χ0n) is 15.7. The molecule has 1 aromatic carbocycles. The van der Waals surface area contributed by atoms with Crippen molar-refractivity contribution >= 4 is 5.91 Å². The lowest BCUT2D eigenvalue weighted by atomic mass is 9.95.